The second-order valence-electron chi connectivity index (χ2n) is 8.48. The third-order valence-corrected chi connectivity index (χ3v) is 6.62. The number of nitrogens with zero attached hydrogens (tertiary/aromatic N) is 1. The number of benzene rings is 3. The van der Waals surface area contributed by atoms with E-state index in [9.17, 15) is 14.4 Å². The van der Waals surface area contributed by atoms with Crippen molar-refractivity contribution in [1.82, 2.24) is 5.32 Å². The molecule has 7 nitrogen and oxygen atoms in total. The first-order valence-corrected chi connectivity index (χ1v) is 13.0. The lowest BCUT2D eigenvalue weighted by Crippen LogP contribution is -2.54. The van der Waals surface area contributed by atoms with Crippen LogP contribution in [-0.2, 0) is 22.6 Å². The molecule has 0 spiro atoms. The number of hydrogen-bond donors (Lipinski definition) is 1. The summed E-state index contributed by atoms with van der Waals surface area (Å²) in [5.74, 6) is -0.337. The number of urea groups is 1. The summed E-state index contributed by atoms with van der Waals surface area (Å²) in [6.45, 7) is 6.61. The molecule has 1 saturated heterocycles. The number of aryl methyl sites for hydroxylation is 2. The maximum Gasteiger partial charge on any atom is 0.335 e. The molecule has 1 aliphatic heterocycles. The van der Waals surface area contributed by atoms with Crippen LogP contribution in [0, 0.1) is 10.5 Å². The van der Waals surface area contributed by atoms with Crippen LogP contribution < -0.4 is 19.7 Å². The highest BCUT2D eigenvalue weighted by Crippen LogP contribution is 2.36. The van der Waals surface area contributed by atoms with Crippen LogP contribution in [0.15, 0.2) is 66.2 Å². The number of nitrogens with one attached hydrogen (secondary N) is 1. The summed E-state index contributed by atoms with van der Waals surface area (Å²) in [5, 5.41) is 2.29. The molecule has 1 heterocycles. The Labute approximate surface area is 229 Å². The van der Waals surface area contributed by atoms with Gasteiger partial charge in [0.15, 0.2) is 11.5 Å². The highest BCUT2D eigenvalue weighted by Gasteiger charge is 2.37. The fourth-order valence-corrected chi connectivity index (χ4v) is 4.88. The van der Waals surface area contributed by atoms with Crippen molar-refractivity contribution in [2.45, 2.75) is 33.8 Å². The van der Waals surface area contributed by atoms with Gasteiger partial charge in [0.2, 0.25) is 0 Å². The quantitative estimate of drug-likeness (QED) is 0.198. The van der Waals surface area contributed by atoms with Crippen molar-refractivity contribution in [2.75, 3.05) is 11.5 Å². The number of carbonyl (C=O) groups is 3. The lowest BCUT2D eigenvalue weighted by molar-refractivity contribution is -0.122. The Morgan fingerprint density at radius 2 is 1.76 bits per heavy atom. The van der Waals surface area contributed by atoms with Crippen molar-refractivity contribution >= 4 is 52.2 Å². The monoisotopic (exact) mass is 610 g/mol. The van der Waals surface area contributed by atoms with E-state index in [4.69, 9.17) is 9.47 Å². The second-order valence-corrected chi connectivity index (χ2v) is 9.64. The number of carbonyl (C=O) groups excluding carboxylic acids is 3. The molecule has 4 rings (SSSR count). The molecule has 3 aromatic rings. The number of ether oxygens (including phenoxy) is 2. The molecule has 0 unspecified atom stereocenters. The molecule has 190 valence electrons. The van der Waals surface area contributed by atoms with Crippen LogP contribution in [0.3, 0.4) is 0 Å². The Morgan fingerprint density at radius 1 is 0.973 bits per heavy atom. The van der Waals surface area contributed by atoms with Crippen LogP contribution in [0.4, 0.5) is 10.5 Å². The fraction of sp³-hybridized carbons (Fsp3) is 0.207. The maximum absolute atomic E-state index is 13.4. The smallest absolute Gasteiger partial charge is 0.335 e. The van der Waals surface area contributed by atoms with Gasteiger partial charge in [0.25, 0.3) is 11.8 Å². The van der Waals surface area contributed by atoms with Crippen molar-refractivity contribution in [3.05, 3.63) is 92.1 Å². The van der Waals surface area contributed by atoms with Crippen molar-refractivity contribution < 1.29 is 23.9 Å². The van der Waals surface area contributed by atoms with Gasteiger partial charge in [-0.1, -0.05) is 55.0 Å². The summed E-state index contributed by atoms with van der Waals surface area (Å²) in [6, 6.07) is 18.0. The molecule has 8 heteroatoms. The van der Waals surface area contributed by atoms with E-state index in [1.165, 1.54) is 6.08 Å². The predicted octanol–water partition coefficient (Wildman–Crippen LogP) is 5.81. The molecular formula is C29H27IN2O5. The van der Waals surface area contributed by atoms with Crippen LogP contribution >= 0.6 is 22.6 Å². The zero-order chi connectivity index (χ0) is 26.5. The molecule has 0 aliphatic carbocycles. The molecule has 37 heavy (non-hydrogen) atoms. The summed E-state index contributed by atoms with van der Waals surface area (Å²) in [5.41, 5.74) is 3.89. The Bertz CT molecular complexity index is 1400. The van der Waals surface area contributed by atoms with Gasteiger partial charge in [0.05, 0.1) is 15.9 Å². The number of rotatable bonds is 8. The zero-order valence-electron chi connectivity index (χ0n) is 20.8. The number of halogens is 1. The van der Waals surface area contributed by atoms with Gasteiger partial charge in [-0.25, -0.2) is 9.69 Å². The van der Waals surface area contributed by atoms with Gasteiger partial charge >= 0.3 is 6.03 Å². The average Bonchev–Trinajstić information content (AvgIpc) is 2.86. The van der Waals surface area contributed by atoms with Crippen LogP contribution in [-0.4, -0.2) is 24.5 Å². The van der Waals surface area contributed by atoms with E-state index in [0.717, 1.165) is 25.2 Å². The van der Waals surface area contributed by atoms with Crippen molar-refractivity contribution in [3.63, 3.8) is 0 Å². The summed E-state index contributed by atoms with van der Waals surface area (Å²) in [7, 11) is 0. The van der Waals surface area contributed by atoms with Crippen molar-refractivity contribution in [1.29, 1.82) is 0 Å². The van der Waals surface area contributed by atoms with Gasteiger partial charge in [-0.3, -0.25) is 14.9 Å². The van der Waals surface area contributed by atoms with Crippen LogP contribution in [0.2, 0.25) is 0 Å². The van der Waals surface area contributed by atoms with E-state index in [0.29, 0.717) is 42.4 Å². The summed E-state index contributed by atoms with van der Waals surface area (Å²) in [4.78, 5) is 39.7. The molecule has 0 aromatic heterocycles. The molecule has 1 N–H and O–H groups in total. The number of para-hydroxylation sites is 1. The average molecular weight is 610 g/mol. The van der Waals surface area contributed by atoms with E-state index < -0.39 is 17.8 Å². The fourth-order valence-electron chi connectivity index (χ4n) is 4.10. The normalized spacial score (nSPS) is 14.6. The Morgan fingerprint density at radius 3 is 2.49 bits per heavy atom. The minimum Gasteiger partial charge on any atom is -0.490 e. The van der Waals surface area contributed by atoms with Crippen LogP contribution in [0.5, 0.6) is 11.5 Å². The molecule has 0 bridgehead atoms. The first-order chi connectivity index (χ1) is 17.8. The van der Waals surface area contributed by atoms with Gasteiger partial charge in [0.1, 0.15) is 12.2 Å². The van der Waals surface area contributed by atoms with Crippen LogP contribution in [0.25, 0.3) is 6.08 Å². The third kappa shape index (κ3) is 5.85. The van der Waals surface area contributed by atoms with E-state index in [1.54, 1.807) is 18.2 Å². The Hall–Kier alpha value is -3.66. The minimum atomic E-state index is -0.766. The third-order valence-electron chi connectivity index (χ3n) is 5.82. The molecule has 0 saturated carbocycles. The second kappa shape index (κ2) is 11.6. The largest absolute Gasteiger partial charge is 0.490 e. The first kappa shape index (κ1) is 26.4. The molecule has 4 amide bonds. The summed E-state index contributed by atoms with van der Waals surface area (Å²) >= 11 is 2.15. The number of amides is 4. The zero-order valence-corrected chi connectivity index (χ0v) is 23.0. The predicted molar refractivity (Wildman–Crippen MR) is 151 cm³/mol. The number of anilines is 1. The van der Waals surface area contributed by atoms with Gasteiger partial charge in [-0.15, -0.1) is 0 Å². The first-order valence-electron chi connectivity index (χ1n) is 12.0. The van der Waals surface area contributed by atoms with E-state index >= 15 is 0 Å². The van der Waals surface area contributed by atoms with Gasteiger partial charge < -0.3 is 9.47 Å². The number of hydrogen-bond acceptors (Lipinski definition) is 5. The Kier molecular flexibility index (Phi) is 8.27. The van der Waals surface area contributed by atoms with Crippen molar-refractivity contribution in [3.8, 4) is 11.5 Å². The summed E-state index contributed by atoms with van der Waals surface area (Å²) < 4.78 is 12.7. The van der Waals surface area contributed by atoms with Crippen molar-refractivity contribution in [2.24, 2.45) is 0 Å². The standard InChI is InChI=1S/C29H27IN2O5/c1-4-21-11-6-7-12-24(21)32-28(34)22(27(33)31-29(32)35)14-20-15-23(30)26(25(16-20)36-5-2)37-17-19-10-8-9-18(3)13-19/h6-16H,4-5,17H2,1-3H3,(H,31,33,35)/b22-14-. The summed E-state index contributed by atoms with van der Waals surface area (Å²) in [6.07, 6.45) is 2.10. The minimum absolute atomic E-state index is 0.141. The lowest BCUT2D eigenvalue weighted by Gasteiger charge is -2.28. The maximum atomic E-state index is 13.4. The highest BCUT2D eigenvalue weighted by atomic mass is 127. The SMILES string of the molecule is CCOc1cc(/C=C2/C(=O)NC(=O)N(c3ccccc3CC)C2=O)cc(I)c1OCc1cccc(C)c1. The van der Waals surface area contributed by atoms with E-state index in [1.807, 2.05) is 57.2 Å². The molecule has 1 fully saturated rings. The molecule has 0 atom stereocenters. The topological polar surface area (TPSA) is 84.9 Å². The Balaban J connectivity index is 1.68. The molecule has 1 aliphatic rings. The van der Waals surface area contributed by atoms with E-state index in [-0.39, 0.29) is 5.57 Å². The van der Waals surface area contributed by atoms with Gasteiger partial charge in [-0.2, -0.15) is 0 Å². The molecule has 3 aromatic carbocycles. The lowest BCUT2D eigenvalue weighted by atomic mass is 10.0. The van der Waals surface area contributed by atoms with E-state index in [2.05, 4.69) is 34.0 Å². The number of barbiturate groups is 1. The van der Waals surface area contributed by atoms with Crippen LogP contribution in [0.1, 0.15) is 36.1 Å². The molecule has 0 radical (unpaired) electrons. The number of imide groups is 2. The molecular weight excluding hydrogens is 583 g/mol. The van der Waals surface area contributed by atoms with Gasteiger partial charge in [-0.05, 0) is 83.8 Å². The van der Waals surface area contributed by atoms with Gasteiger partial charge in [0, 0.05) is 0 Å². The highest BCUT2D eigenvalue weighted by molar-refractivity contribution is 14.1.